The van der Waals surface area contributed by atoms with Crippen LogP contribution in [0.4, 0.5) is 4.39 Å². The van der Waals surface area contributed by atoms with Crippen LogP contribution in [0.25, 0.3) is 0 Å². The lowest BCUT2D eigenvalue weighted by Gasteiger charge is -2.34. The fourth-order valence-corrected chi connectivity index (χ4v) is 5.47. The monoisotopic (exact) mass is 436 g/mol. The van der Waals surface area contributed by atoms with Gasteiger partial charge in [-0.05, 0) is 112 Å². The van der Waals surface area contributed by atoms with Crippen molar-refractivity contribution in [3.8, 4) is 0 Å². The smallest absolute Gasteiger partial charge is 0.248 e. The number of benzene rings is 2. The molecule has 1 aliphatic heterocycles. The molecule has 0 bridgehead atoms. The second-order valence-electron chi connectivity index (χ2n) is 9.44. The van der Waals surface area contributed by atoms with Gasteiger partial charge in [-0.2, -0.15) is 0 Å². The Labute approximate surface area is 190 Å². The molecule has 0 spiro atoms. The van der Waals surface area contributed by atoms with Gasteiger partial charge in [-0.1, -0.05) is 18.2 Å². The lowest BCUT2D eigenvalue weighted by Crippen LogP contribution is -2.37. The minimum Gasteiger partial charge on any atom is -0.366 e. The fraction of sp³-hybridized carbons (Fsp3) is 0.481. The molecule has 1 amide bonds. The normalized spacial score (nSPS) is 22.5. The van der Waals surface area contributed by atoms with Crippen LogP contribution in [0.5, 0.6) is 0 Å². The van der Waals surface area contributed by atoms with Gasteiger partial charge in [-0.3, -0.25) is 9.59 Å². The van der Waals surface area contributed by atoms with E-state index in [1.54, 1.807) is 12.1 Å². The van der Waals surface area contributed by atoms with Crippen molar-refractivity contribution in [3.63, 3.8) is 0 Å². The largest absolute Gasteiger partial charge is 0.366 e. The van der Waals surface area contributed by atoms with Crippen LogP contribution in [0.15, 0.2) is 48.5 Å². The van der Waals surface area contributed by atoms with Crippen LogP contribution < -0.4 is 5.73 Å². The number of primary amides is 1. The van der Waals surface area contributed by atoms with Crippen LogP contribution in [0, 0.1) is 17.7 Å². The van der Waals surface area contributed by atoms with Crippen LogP contribution in [0.2, 0.25) is 0 Å². The highest BCUT2D eigenvalue weighted by atomic mass is 19.1. The molecule has 1 heterocycles. The van der Waals surface area contributed by atoms with Crippen LogP contribution in [0.3, 0.4) is 0 Å². The van der Waals surface area contributed by atoms with Gasteiger partial charge in [0.15, 0.2) is 5.78 Å². The van der Waals surface area contributed by atoms with Gasteiger partial charge in [0.1, 0.15) is 5.82 Å². The first-order valence-electron chi connectivity index (χ1n) is 11.9. The SMILES string of the molecule is NC(=O)c1ccccc1C1CCC(CCN2CCC(C(=O)c3ccc(F)cc3)CC2)CC1. The number of nitrogens with zero attached hydrogens (tertiary/aromatic N) is 1. The standard InChI is InChI=1S/C27H33FN2O2/c28-23-11-9-21(10-12-23)26(31)22-14-17-30(18-15-22)16-13-19-5-7-20(8-6-19)24-3-1-2-4-25(24)27(29)32/h1-4,9-12,19-20,22H,5-8,13-18H2,(H2,29,32). The first-order valence-corrected chi connectivity index (χ1v) is 11.9. The van der Waals surface area contributed by atoms with E-state index in [9.17, 15) is 14.0 Å². The van der Waals surface area contributed by atoms with Gasteiger partial charge >= 0.3 is 0 Å². The molecule has 170 valence electrons. The average Bonchev–Trinajstić information content (AvgIpc) is 2.83. The third-order valence-electron chi connectivity index (χ3n) is 7.45. The minimum absolute atomic E-state index is 0.0532. The molecular weight excluding hydrogens is 403 g/mol. The molecule has 2 fully saturated rings. The summed E-state index contributed by atoms with van der Waals surface area (Å²) in [6.45, 7) is 3.00. The third-order valence-corrected chi connectivity index (χ3v) is 7.45. The number of hydrogen-bond acceptors (Lipinski definition) is 3. The number of ketones is 1. The molecule has 1 saturated heterocycles. The molecule has 2 N–H and O–H groups in total. The fourth-order valence-electron chi connectivity index (χ4n) is 5.47. The lowest BCUT2D eigenvalue weighted by atomic mass is 9.76. The van der Waals surface area contributed by atoms with Crippen molar-refractivity contribution in [1.29, 1.82) is 0 Å². The number of rotatable bonds is 7. The molecule has 4 nitrogen and oxygen atoms in total. The van der Waals surface area contributed by atoms with Crippen LogP contribution >= 0.6 is 0 Å². The number of likely N-dealkylation sites (tertiary alicyclic amines) is 1. The third kappa shape index (κ3) is 5.44. The van der Waals surface area contributed by atoms with Gasteiger partial charge in [-0.15, -0.1) is 0 Å². The van der Waals surface area contributed by atoms with Crippen molar-refractivity contribution < 1.29 is 14.0 Å². The van der Waals surface area contributed by atoms with E-state index in [1.807, 2.05) is 18.2 Å². The number of halogens is 1. The van der Waals surface area contributed by atoms with E-state index in [0.29, 0.717) is 17.0 Å². The number of amides is 1. The molecule has 5 heteroatoms. The zero-order valence-corrected chi connectivity index (χ0v) is 18.6. The van der Waals surface area contributed by atoms with Crippen molar-refractivity contribution >= 4 is 11.7 Å². The predicted molar refractivity (Wildman–Crippen MR) is 124 cm³/mol. The summed E-state index contributed by atoms with van der Waals surface area (Å²) in [5.41, 5.74) is 7.98. The van der Waals surface area contributed by atoms with Gasteiger partial charge in [0, 0.05) is 17.0 Å². The maximum Gasteiger partial charge on any atom is 0.248 e. The second kappa shape index (κ2) is 10.4. The molecule has 2 aliphatic rings. The van der Waals surface area contributed by atoms with Gasteiger partial charge in [-0.25, -0.2) is 4.39 Å². The van der Waals surface area contributed by atoms with E-state index in [4.69, 9.17) is 5.73 Å². The van der Waals surface area contributed by atoms with Crippen molar-refractivity contribution in [3.05, 3.63) is 71.0 Å². The quantitative estimate of drug-likeness (QED) is 0.608. The Bertz CT molecular complexity index is 927. The van der Waals surface area contributed by atoms with Crippen molar-refractivity contribution in [1.82, 2.24) is 4.90 Å². The Hall–Kier alpha value is -2.53. The summed E-state index contributed by atoms with van der Waals surface area (Å²) < 4.78 is 13.1. The van der Waals surface area contributed by atoms with Crippen molar-refractivity contribution in [2.24, 2.45) is 17.6 Å². The van der Waals surface area contributed by atoms with Gasteiger partial charge in [0.25, 0.3) is 0 Å². The van der Waals surface area contributed by atoms with E-state index in [1.165, 1.54) is 31.4 Å². The molecule has 0 radical (unpaired) electrons. The molecule has 2 aromatic carbocycles. The highest BCUT2D eigenvalue weighted by molar-refractivity contribution is 5.97. The maximum atomic E-state index is 13.1. The number of nitrogens with two attached hydrogens (primary N) is 1. The first kappa shape index (κ1) is 22.7. The van der Waals surface area contributed by atoms with E-state index >= 15 is 0 Å². The summed E-state index contributed by atoms with van der Waals surface area (Å²) in [6.07, 6.45) is 7.57. The predicted octanol–water partition coefficient (Wildman–Crippen LogP) is 5.18. The van der Waals surface area contributed by atoms with Crippen LogP contribution in [0.1, 0.15) is 77.1 Å². The van der Waals surface area contributed by atoms with E-state index in [2.05, 4.69) is 11.0 Å². The molecule has 2 aromatic rings. The van der Waals surface area contributed by atoms with Crippen molar-refractivity contribution in [2.75, 3.05) is 19.6 Å². The van der Waals surface area contributed by atoms with Crippen LogP contribution in [-0.4, -0.2) is 36.2 Å². The van der Waals surface area contributed by atoms with E-state index in [0.717, 1.165) is 56.8 Å². The molecule has 0 aromatic heterocycles. The Balaban J connectivity index is 1.20. The summed E-state index contributed by atoms with van der Waals surface area (Å²) in [5, 5.41) is 0. The summed E-state index contributed by atoms with van der Waals surface area (Å²) in [4.78, 5) is 26.9. The van der Waals surface area contributed by atoms with Crippen LogP contribution in [-0.2, 0) is 0 Å². The van der Waals surface area contributed by atoms with Crippen molar-refractivity contribution in [2.45, 2.75) is 50.9 Å². The highest BCUT2D eigenvalue weighted by Gasteiger charge is 2.28. The molecule has 32 heavy (non-hydrogen) atoms. The summed E-state index contributed by atoms with van der Waals surface area (Å²) in [7, 11) is 0. The molecule has 0 unspecified atom stereocenters. The summed E-state index contributed by atoms with van der Waals surface area (Å²) >= 11 is 0. The Morgan fingerprint density at radius 2 is 1.56 bits per heavy atom. The molecule has 0 atom stereocenters. The number of hydrogen-bond donors (Lipinski definition) is 1. The lowest BCUT2D eigenvalue weighted by molar-refractivity contribution is 0.0832. The molecule has 1 aliphatic carbocycles. The zero-order chi connectivity index (χ0) is 22.5. The van der Waals surface area contributed by atoms with Gasteiger partial charge in [0.2, 0.25) is 5.91 Å². The Morgan fingerprint density at radius 3 is 2.22 bits per heavy atom. The second-order valence-corrected chi connectivity index (χ2v) is 9.44. The Kier molecular flexibility index (Phi) is 7.36. The summed E-state index contributed by atoms with van der Waals surface area (Å²) in [6, 6.07) is 13.7. The highest BCUT2D eigenvalue weighted by Crippen LogP contribution is 2.38. The number of piperidine rings is 1. The molecule has 1 saturated carbocycles. The number of carbonyl (C=O) groups excluding carboxylic acids is 2. The number of carbonyl (C=O) groups is 2. The maximum absolute atomic E-state index is 13.1. The van der Waals surface area contributed by atoms with Gasteiger partial charge < -0.3 is 10.6 Å². The topological polar surface area (TPSA) is 63.4 Å². The zero-order valence-electron chi connectivity index (χ0n) is 18.6. The van der Waals surface area contributed by atoms with E-state index in [-0.39, 0.29) is 23.4 Å². The molecule has 4 rings (SSSR count). The Morgan fingerprint density at radius 1 is 0.906 bits per heavy atom. The number of Topliss-reactive ketones (excluding diaryl/α,β-unsaturated/α-hetero) is 1. The molecular formula is C27H33FN2O2. The van der Waals surface area contributed by atoms with E-state index < -0.39 is 0 Å². The average molecular weight is 437 g/mol. The first-order chi connectivity index (χ1) is 15.5. The van der Waals surface area contributed by atoms with Gasteiger partial charge in [0.05, 0.1) is 0 Å². The minimum atomic E-state index is -0.330. The summed E-state index contributed by atoms with van der Waals surface area (Å²) in [5.74, 6) is 0.733.